The molecule has 124 valence electrons. The molecular formula is C17H19N5O2. The lowest BCUT2D eigenvalue weighted by Gasteiger charge is -2.31. The highest BCUT2D eigenvalue weighted by molar-refractivity contribution is 5.93. The number of rotatable bonds is 2. The van der Waals surface area contributed by atoms with Gasteiger partial charge in [-0.15, -0.1) is 5.10 Å². The number of nitrogens with zero attached hydrogens (tertiary/aromatic N) is 4. The van der Waals surface area contributed by atoms with Gasteiger partial charge in [0.2, 0.25) is 5.91 Å². The summed E-state index contributed by atoms with van der Waals surface area (Å²) in [5, 5.41) is 11.0. The van der Waals surface area contributed by atoms with Crippen molar-refractivity contribution in [3.8, 4) is 5.69 Å². The number of aromatic nitrogens is 3. The van der Waals surface area contributed by atoms with E-state index in [1.54, 1.807) is 15.8 Å². The van der Waals surface area contributed by atoms with Crippen LogP contribution in [0.5, 0.6) is 0 Å². The highest BCUT2D eigenvalue weighted by Gasteiger charge is 2.47. The van der Waals surface area contributed by atoms with Crippen LogP contribution >= 0.6 is 0 Å². The average Bonchev–Trinajstić information content (AvgIpc) is 3.26. The molecule has 24 heavy (non-hydrogen) atoms. The molecule has 1 aromatic heterocycles. The van der Waals surface area contributed by atoms with Crippen LogP contribution in [0, 0.1) is 5.41 Å². The van der Waals surface area contributed by atoms with E-state index in [1.165, 1.54) is 0 Å². The summed E-state index contributed by atoms with van der Waals surface area (Å²) in [5.74, 6) is -0.0792. The molecule has 1 atom stereocenters. The second kappa shape index (κ2) is 5.74. The fraction of sp³-hybridized carbons (Fsp3) is 0.412. The van der Waals surface area contributed by atoms with Gasteiger partial charge in [0.15, 0.2) is 5.69 Å². The molecule has 2 aromatic rings. The highest BCUT2D eigenvalue weighted by atomic mass is 16.2. The summed E-state index contributed by atoms with van der Waals surface area (Å²) in [5.41, 5.74) is 0.754. The number of hydrogen-bond acceptors (Lipinski definition) is 4. The van der Waals surface area contributed by atoms with Crippen LogP contribution in [-0.4, -0.2) is 51.3 Å². The zero-order valence-electron chi connectivity index (χ0n) is 13.3. The number of amides is 2. The third-order valence-electron chi connectivity index (χ3n) is 4.97. The first-order chi connectivity index (χ1) is 11.7. The van der Waals surface area contributed by atoms with Gasteiger partial charge in [0.05, 0.1) is 17.3 Å². The lowest BCUT2D eigenvalue weighted by molar-refractivity contribution is -0.132. The molecule has 1 spiro atoms. The Morgan fingerprint density at radius 2 is 2.04 bits per heavy atom. The predicted molar refractivity (Wildman–Crippen MR) is 86.6 cm³/mol. The van der Waals surface area contributed by atoms with Crippen LogP contribution in [-0.2, 0) is 4.79 Å². The molecule has 1 N–H and O–H groups in total. The zero-order valence-corrected chi connectivity index (χ0v) is 13.3. The number of benzene rings is 1. The molecule has 1 unspecified atom stereocenters. The van der Waals surface area contributed by atoms with Crippen molar-refractivity contribution >= 4 is 11.8 Å². The summed E-state index contributed by atoms with van der Waals surface area (Å²) >= 11 is 0. The third kappa shape index (κ3) is 2.46. The highest BCUT2D eigenvalue weighted by Crippen LogP contribution is 2.37. The zero-order chi connectivity index (χ0) is 16.6. The fourth-order valence-electron chi connectivity index (χ4n) is 3.60. The Kier molecular flexibility index (Phi) is 3.55. The maximum absolute atomic E-state index is 12.7. The third-order valence-corrected chi connectivity index (χ3v) is 4.97. The van der Waals surface area contributed by atoms with E-state index in [4.69, 9.17) is 0 Å². The molecule has 0 bridgehead atoms. The predicted octanol–water partition coefficient (Wildman–Crippen LogP) is 1.01. The Balaban J connectivity index is 1.51. The fourth-order valence-corrected chi connectivity index (χ4v) is 3.60. The Morgan fingerprint density at radius 3 is 2.83 bits per heavy atom. The van der Waals surface area contributed by atoms with Gasteiger partial charge < -0.3 is 10.2 Å². The van der Waals surface area contributed by atoms with Gasteiger partial charge in [-0.2, -0.15) is 0 Å². The Morgan fingerprint density at radius 1 is 1.21 bits per heavy atom. The van der Waals surface area contributed by atoms with E-state index in [1.807, 2.05) is 30.3 Å². The molecular weight excluding hydrogens is 306 g/mol. The summed E-state index contributed by atoms with van der Waals surface area (Å²) in [6.45, 7) is 1.79. The number of para-hydroxylation sites is 1. The molecule has 3 heterocycles. The van der Waals surface area contributed by atoms with E-state index in [0.29, 0.717) is 18.8 Å². The van der Waals surface area contributed by atoms with Gasteiger partial charge in [-0.1, -0.05) is 23.4 Å². The van der Waals surface area contributed by atoms with Crippen LogP contribution in [0.1, 0.15) is 29.8 Å². The molecule has 2 amide bonds. The topological polar surface area (TPSA) is 80.1 Å². The van der Waals surface area contributed by atoms with Crippen molar-refractivity contribution in [3.63, 3.8) is 0 Å². The smallest absolute Gasteiger partial charge is 0.276 e. The Hall–Kier alpha value is -2.70. The maximum atomic E-state index is 12.7. The first kappa shape index (κ1) is 14.9. The number of carbonyl (C=O) groups excluding carboxylic acids is 2. The number of hydrogen-bond donors (Lipinski definition) is 1. The van der Waals surface area contributed by atoms with Crippen LogP contribution in [0.3, 0.4) is 0 Å². The molecule has 7 nitrogen and oxygen atoms in total. The molecule has 4 rings (SSSR count). The van der Waals surface area contributed by atoms with Gasteiger partial charge in [-0.25, -0.2) is 4.68 Å². The number of carbonyl (C=O) groups is 2. The lowest BCUT2D eigenvalue weighted by Crippen LogP contribution is -2.47. The molecule has 0 saturated carbocycles. The van der Waals surface area contributed by atoms with Gasteiger partial charge in [-0.3, -0.25) is 9.59 Å². The number of likely N-dealkylation sites (tertiary alicyclic amines) is 1. The van der Waals surface area contributed by atoms with E-state index >= 15 is 0 Å². The molecule has 2 aliphatic heterocycles. The molecule has 1 aromatic carbocycles. The van der Waals surface area contributed by atoms with Gasteiger partial charge in [0.25, 0.3) is 5.91 Å². The van der Waals surface area contributed by atoms with Crippen molar-refractivity contribution in [1.29, 1.82) is 0 Å². The van der Waals surface area contributed by atoms with Crippen molar-refractivity contribution < 1.29 is 9.59 Å². The second-order valence-electron chi connectivity index (χ2n) is 6.50. The van der Waals surface area contributed by atoms with Crippen molar-refractivity contribution in [3.05, 3.63) is 42.2 Å². The molecule has 0 aliphatic carbocycles. The Bertz CT molecular complexity index is 772. The van der Waals surface area contributed by atoms with Gasteiger partial charge in [0, 0.05) is 19.6 Å². The molecule has 0 radical (unpaired) electrons. The van der Waals surface area contributed by atoms with E-state index in [9.17, 15) is 9.59 Å². The van der Waals surface area contributed by atoms with Crippen molar-refractivity contribution in [2.75, 3.05) is 19.6 Å². The van der Waals surface area contributed by atoms with Crippen LogP contribution < -0.4 is 5.32 Å². The van der Waals surface area contributed by atoms with E-state index in [0.717, 1.165) is 31.5 Å². The van der Waals surface area contributed by atoms with Crippen molar-refractivity contribution in [2.24, 2.45) is 5.41 Å². The van der Waals surface area contributed by atoms with Crippen LogP contribution in [0.15, 0.2) is 36.5 Å². The normalized spacial score (nSPS) is 23.5. The summed E-state index contributed by atoms with van der Waals surface area (Å²) in [7, 11) is 0. The molecule has 2 fully saturated rings. The minimum atomic E-state index is -0.413. The summed E-state index contributed by atoms with van der Waals surface area (Å²) < 4.78 is 1.59. The summed E-state index contributed by atoms with van der Waals surface area (Å²) in [6, 6.07) is 9.54. The summed E-state index contributed by atoms with van der Waals surface area (Å²) in [4.78, 5) is 26.7. The first-order valence-corrected chi connectivity index (χ1v) is 8.23. The van der Waals surface area contributed by atoms with Crippen LogP contribution in [0.4, 0.5) is 0 Å². The number of piperidine rings is 1. The monoisotopic (exact) mass is 325 g/mol. The van der Waals surface area contributed by atoms with Crippen LogP contribution in [0.25, 0.3) is 5.69 Å². The lowest BCUT2D eigenvalue weighted by atomic mass is 9.79. The summed E-state index contributed by atoms with van der Waals surface area (Å²) in [6.07, 6.45) is 4.18. The Labute approximate surface area is 139 Å². The minimum absolute atomic E-state index is 0.0805. The number of nitrogens with one attached hydrogen (secondary N) is 1. The molecule has 2 saturated heterocycles. The maximum Gasteiger partial charge on any atom is 0.276 e. The SMILES string of the molecule is O=C(c1cn(-c2ccccc2)nn1)N1CCC2(CCCNC2=O)C1. The minimum Gasteiger partial charge on any atom is -0.356 e. The first-order valence-electron chi connectivity index (χ1n) is 8.23. The van der Waals surface area contributed by atoms with Crippen molar-refractivity contribution in [1.82, 2.24) is 25.2 Å². The van der Waals surface area contributed by atoms with E-state index in [-0.39, 0.29) is 11.8 Å². The second-order valence-corrected chi connectivity index (χ2v) is 6.50. The molecule has 2 aliphatic rings. The largest absolute Gasteiger partial charge is 0.356 e. The van der Waals surface area contributed by atoms with Gasteiger partial charge in [0.1, 0.15) is 0 Å². The quantitative estimate of drug-likeness (QED) is 0.893. The van der Waals surface area contributed by atoms with E-state index in [2.05, 4.69) is 15.6 Å². The average molecular weight is 325 g/mol. The molecule has 7 heteroatoms. The van der Waals surface area contributed by atoms with E-state index < -0.39 is 5.41 Å². The van der Waals surface area contributed by atoms with Gasteiger partial charge in [-0.05, 0) is 31.4 Å². The van der Waals surface area contributed by atoms with Crippen LogP contribution in [0.2, 0.25) is 0 Å². The van der Waals surface area contributed by atoms with Gasteiger partial charge >= 0.3 is 0 Å². The standard InChI is InChI=1S/C17H19N5O2/c23-15(14-11-22(20-19-14)13-5-2-1-3-6-13)21-10-8-17(12-21)7-4-9-18-16(17)24/h1-3,5-6,11H,4,7-10,12H2,(H,18,24). The van der Waals surface area contributed by atoms with Crippen molar-refractivity contribution in [2.45, 2.75) is 19.3 Å².